The Hall–Kier alpha value is -2.48. The third kappa shape index (κ3) is 4.42. The molecule has 29 heavy (non-hydrogen) atoms. The van der Waals surface area contributed by atoms with Crippen molar-refractivity contribution in [3.63, 3.8) is 0 Å². The fourth-order valence-electron chi connectivity index (χ4n) is 3.64. The van der Waals surface area contributed by atoms with Crippen molar-refractivity contribution >= 4 is 10.0 Å². The molecule has 0 N–H and O–H groups in total. The summed E-state index contributed by atoms with van der Waals surface area (Å²) in [6.45, 7) is 6.17. The normalized spacial score (nSPS) is 16.2. The van der Waals surface area contributed by atoms with Gasteiger partial charge >= 0.3 is 0 Å². The minimum atomic E-state index is -3.41. The van der Waals surface area contributed by atoms with Crippen LogP contribution in [0, 0.1) is 6.92 Å². The predicted octanol–water partition coefficient (Wildman–Crippen LogP) is 2.87. The van der Waals surface area contributed by atoms with E-state index in [1.165, 1.54) is 0 Å². The third-order valence-corrected chi connectivity index (χ3v) is 7.31. The van der Waals surface area contributed by atoms with Crippen LogP contribution in [0.15, 0.2) is 71.9 Å². The van der Waals surface area contributed by atoms with E-state index in [1.807, 2.05) is 49.6 Å². The Balaban J connectivity index is 1.34. The van der Waals surface area contributed by atoms with E-state index in [1.54, 1.807) is 16.4 Å². The topological polar surface area (TPSA) is 58.4 Å². The van der Waals surface area contributed by atoms with E-state index in [0.29, 0.717) is 18.0 Å². The van der Waals surface area contributed by atoms with Crippen LogP contribution in [-0.2, 0) is 16.6 Å². The molecule has 1 aliphatic rings. The van der Waals surface area contributed by atoms with Crippen LogP contribution in [-0.4, -0.2) is 59.9 Å². The zero-order chi connectivity index (χ0) is 20.3. The number of imidazole rings is 1. The summed E-state index contributed by atoms with van der Waals surface area (Å²) >= 11 is 0. The van der Waals surface area contributed by atoms with Gasteiger partial charge in [0.05, 0.1) is 4.90 Å². The van der Waals surface area contributed by atoms with E-state index in [0.717, 1.165) is 43.1 Å². The lowest BCUT2D eigenvalue weighted by molar-refractivity contribution is 0.183. The van der Waals surface area contributed by atoms with Gasteiger partial charge in [-0.3, -0.25) is 4.90 Å². The van der Waals surface area contributed by atoms with Crippen LogP contribution >= 0.6 is 0 Å². The molecule has 7 heteroatoms. The molecule has 0 atom stereocenters. The Labute approximate surface area is 172 Å². The van der Waals surface area contributed by atoms with E-state index >= 15 is 0 Å². The van der Waals surface area contributed by atoms with Crippen LogP contribution in [0.1, 0.15) is 5.56 Å². The Morgan fingerprint density at radius 3 is 2.28 bits per heavy atom. The number of hydrogen-bond donors (Lipinski definition) is 0. The molecule has 0 aliphatic carbocycles. The number of rotatable bonds is 6. The molecule has 3 aromatic rings. The van der Waals surface area contributed by atoms with Crippen LogP contribution in [0.2, 0.25) is 0 Å². The maximum atomic E-state index is 12.8. The molecule has 1 aliphatic heterocycles. The minimum Gasteiger partial charge on any atom is -0.330 e. The highest BCUT2D eigenvalue weighted by atomic mass is 32.2. The van der Waals surface area contributed by atoms with E-state index in [9.17, 15) is 8.42 Å². The lowest BCUT2D eigenvalue weighted by Gasteiger charge is -2.34. The average Bonchev–Trinajstić information content (AvgIpc) is 3.22. The van der Waals surface area contributed by atoms with Crippen molar-refractivity contribution in [2.24, 2.45) is 0 Å². The summed E-state index contributed by atoms with van der Waals surface area (Å²) in [5.74, 6) is 0.964. The quantitative estimate of drug-likeness (QED) is 0.627. The molecule has 0 bridgehead atoms. The van der Waals surface area contributed by atoms with Crippen molar-refractivity contribution in [3.8, 4) is 11.4 Å². The molecule has 2 aromatic carbocycles. The van der Waals surface area contributed by atoms with Crippen LogP contribution in [0.4, 0.5) is 0 Å². The molecular formula is C22H26N4O2S. The van der Waals surface area contributed by atoms with E-state index < -0.39 is 10.0 Å². The highest BCUT2D eigenvalue weighted by molar-refractivity contribution is 7.89. The number of piperazine rings is 1. The third-order valence-electron chi connectivity index (χ3n) is 5.39. The molecule has 6 nitrogen and oxygen atoms in total. The maximum absolute atomic E-state index is 12.8. The minimum absolute atomic E-state index is 0.377. The first-order valence-electron chi connectivity index (χ1n) is 9.90. The highest BCUT2D eigenvalue weighted by Crippen LogP contribution is 2.19. The molecule has 1 aromatic heterocycles. The molecular weight excluding hydrogens is 384 g/mol. The largest absolute Gasteiger partial charge is 0.330 e. The molecule has 0 spiro atoms. The van der Waals surface area contributed by atoms with E-state index in [2.05, 4.69) is 26.6 Å². The van der Waals surface area contributed by atoms with Gasteiger partial charge in [-0.25, -0.2) is 13.4 Å². The number of aromatic nitrogens is 2. The van der Waals surface area contributed by atoms with Gasteiger partial charge in [-0.1, -0.05) is 48.0 Å². The fraction of sp³-hybridized carbons (Fsp3) is 0.318. The zero-order valence-corrected chi connectivity index (χ0v) is 17.4. The molecule has 0 saturated carbocycles. The summed E-state index contributed by atoms with van der Waals surface area (Å²) < 4.78 is 29.4. The summed E-state index contributed by atoms with van der Waals surface area (Å²) in [7, 11) is -3.41. The lowest BCUT2D eigenvalue weighted by atomic mass is 10.2. The molecule has 2 heterocycles. The molecule has 1 fully saturated rings. The second kappa shape index (κ2) is 8.49. The predicted molar refractivity (Wildman–Crippen MR) is 114 cm³/mol. The summed E-state index contributed by atoms with van der Waals surface area (Å²) in [6, 6.07) is 17.2. The first kappa shape index (κ1) is 19.8. The molecule has 0 unspecified atom stereocenters. The van der Waals surface area contributed by atoms with Crippen LogP contribution in [0.5, 0.6) is 0 Å². The number of hydrogen-bond acceptors (Lipinski definition) is 4. The SMILES string of the molecule is Cc1ccc(S(=O)(=O)N2CCN(CCn3ccnc3-c3ccccc3)CC2)cc1. The second-order valence-electron chi connectivity index (χ2n) is 7.37. The standard InChI is InChI=1S/C22H26N4O2S/c1-19-7-9-21(10-8-19)29(27,28)26-17-14-24(15-18-26)13-16-25-12-11-23-22(25)20-5-3-2-4-6-20/h2-12H,13-18H2,1H3. The van der Waals surface area contributed by atoms with Gasteiger partial charge in [0.2, 0.25) is 10.0 Å². The molecule has 0 amide bonds. The summed E-state index contributed by atoms with van der Waals surface area (Å²) in [6.07, 6.45) is 3.83. The molecule has 0 radical (unpaired) electrons. The Bertz CT molecular complexity index is 1040. The first-order valence-corrected chi connectivity index (χ1v) is 11.3. The second-order valence-corrected chi connectivity index (χ2v) is 9.31. The fourth-order valence-corrected chi connectivity index (χ4v) is 5.06. The van der Waals surface area contributed by atoms with Crippen molar-refractivity contribution in [1.82, 2.24) is 18.8 Å². The van der Waals surface area contributed by atoms with Crippen molar-refractivity contribution in [3.05, 3.63) is 72.6 Å². The number of nitrogens with zero attached hydrogens (tertiary/aromatic N) is 4. The number of sulfonamides is 1. The Kier molecular flexibility index (Phi) is 5.80. The smallest absolute Gasteiger partial charge is 0.243 e. The van der Waals surface area contributed by atoms with Gasteiger partial charge in [0.15, 0.2) is 0 Å². The van der Waals surface area contributed by atoms with Crippen LogP contribution in [0.25, 0.3) is 11.4 Å². The summed E-state index contributed by atoms with van der Waals surface area (Å²) in [4.78, 5) is 7.18. The van der Waals surface area contributed by atoms with Gasteiger partial charge < -0.3 is 4.57 Å². The van der Waals surface area contributed by atoms with E-state index in [4.69, 9.17) is 0 Å². The van der Waals surface area contributed by atoms with Gasteiger partial charge in [-0.05, 0) is 19.1 Å². The van der Waals surface area contributed by atoms with Gasteiger partial charge in [0.25, 0.3) is 0 Å². The Morgan fingerprint density at radius 1 is 0.897 bits per heavy atom. The number of aryl methyl sites for hydroxylation is 1. The van der Waals surface area contributed by atoms with Crippen molar-refractivity contribution < 1.29 is 8.42 Å². The number of benzene rings is 2. The zero-order valence-electron chi connectivity index (χ0n) is 16.6. The van der Waals surface area contributed by atoms with Gasteiger partial charge in [0, 0.05) is 57.2 Å². The summed E-state index contributed by atoms with van der Waals surface area (Å²) in [5, 5.41) is 0. The highest BCUT2D eigenvalue weighted by Gasteiger charge is 2.28. The van der Waals surface area contributed by atoms with Crippen molar-refractivity contribution in [2.45, 2.75) is 18.4 Å². The summed E-state index contributed by atoms with van der Waals surface area (Å²) in [5.41, 5.74) is 2.16. The first-order chi connectivity index (χ1) is 14.0. The van der Waals surface area contributed by atoms with Crippen molar-refractivity contribution in [2.75, 3.05) is 32.7 Å². The monoisotopic (exact) mass is 410 g/mol. The van der Waals surface area contributed by atoms with Crippen LogP contribution in [0.3, 0.4) is 0 Å². The molecule has 152 valence electrons. The van der Waals surface area contributed by atoms with Gasteiger partial charge in [-0.15, -0.1) is 0 Å². The van der Waals surface area contributed by atoms with E-state index in [-0.39, 0.29) is 0 Å². The maximum Gasteiger partial charge on any atom is 0.243 e. The van der Waals surface area contributed by atoms with Gasteiger partial charge in [-0.2, -0.15) is 4.31 Å². The average molecular weight is 411 g/mol. The molecule has 1 saturated heterocycles. The Morgan fingerprint density at radius 2 is 1.59 bits per heavy atom. The van der Waals surface area contributed by atoms with Crippen molar-refractivity contribution in [1.29, 1.82) is 0 Å². The van der Waals surface area contributed by atoms with Gasteiger partial charge in [0.1, 0.15) is 5.82 Å². The van der Waals surface area contributed by atoms with Crippen LogP contribution < -0.4 is 0 Å². The lowest BCUT2D eigenvalue weighted by Crippen LogP contribution is -2.49. The molecule has 4 rings (SSSR count).